The van der Waals surface area contributed by atoms with Crippen LogP contribution in [0, 0.1) is 12.8 Å². The van der Waals surface area contributed by atoms with Crippen molar-refractivity contribution in [3.05, 3.63) is 41.5 Å². The number of anilines is 1. The Morgan fingerprint density at radius 2 is 2.00 bits per heavy atom. The maximum atomic E-state index is 12.5. The number of benzene rings is 1. The fourth-order valence-corrected chi connectivity index (χ4v) is 4.69. The number of thiophene rings is 1. The largest absolute Gasteiger partial charge is 0.355 e. The van der Waals surface area contributed by atoms with Crippen LogP contribution in [0.25, 0.3) is 21.3 Å². The number of amides is 1. The maximum absolute atomic E-state index is 12.5. The SMILES string of the molecule is Cc1ccc(-c2csc3ncnc(N4CCCC(C(=O)N(C)C)C4)c23)cc1. The minimum Gasteiger partial charge on any atom is -0.355 e. The van der Waals surface area contributed by atoms with E-state index in [0.717, 1.165) is 35.4 Å². The summed E-state index contributed by atoms with van der Waals surface area (Å²) in [5.41, 5.74) is 3.60. The normalized spacial score (nSPS) is 17.3. The lowest BCUT2D eigenvalue weighted by Gasteiger charge is -2.34. The molecule has 2 aromatic heterocycles. The highest BCUT2D eigenvalue weighted by Gasteiger charge is 2.29. The van der Waals surface area contributed by atoms with Gasteiger partial charge in [0.15, 0.2) is 0 Å². The molecule has 3 heterocycles. The number of hydrogen-bond acceptors (Lipinski definition) is 5. The van der Waals surface area contributed by atoms with Crippen molar-refractivity contribution >= 4 is 33.3 Å². The molecule has 1 aromatic carbocycles. The van der Waals surface area contributed by atoms with E-state index >= 15 is 0 Å². The van der Waals surface area contributed by atoms with E-state index in [2.05, 4.69) is 51.4 Å². The van der Waals surface area contributed by atoms with Crippen molar-refractivity contribution in [1.29, 1.82) is 0 Å². The smallest absolute Gasteiger partial charge is 0.226 e. The first-order valence-electron chi connectivity index (χ1n) is 9.30. The molecule has 1 unspecified atom stereocenters. The monoisotopic (exact) mass is 380 g/mol. The van der Waals surface area contributed by atoms with Crippen molar-refractivity contribution in [1.82, 2.24) is 14.9 Å². The number of nitrogens with zero attached hydrogens (tertiary/aromatic N) is 4. The molecule has 0 radical (unpaired) electrons. The molecule has 6 heteroatoms. The van der Waals surface area contributed by atoms with E-state index in [0.29, 0.717) is 6.54 Å². The highest BCUT2D eigenvalue weighted by Crippen LogP contribution is 2.39. The maximum Gasteiger partial charge on any atom is 0.226 e. The number of aryl methyl sites for hydroxylation is 1. The van der Waals surface area contributed by atoms with E-state index in [1.807, 2.05) is 14.1 Å². The van der Waals surface area contributed by atoms with E-state index in [1.165, 1.54) is 16.7 Å². The molecule has 3 aromatic rings. The first-order chi connectivity index (χ1) is 13.0. The zero-order valence-corrected chi connectivity index (χ0v) is 16.8. The molecule has 1 atom stereocenters. The molecule has 0 N–H and O–H groups in total. The van der Waals surface area contributed by atoms with Gasteiger partial charge in [0.1, 0.15) is 17.0 Å². The number of carbonyl (C=O) groups is 1. The van der Waals surface area contributed by atoms with Crippen molar-refractivity contribution in [2.75, 3.05) is 32.1 Å². The molecule has 1 fully saturated rings. The Morgan fingerprint density at radius 1 is 1.22 bits per heavy atom. The average molecular weight is 381 g/mol. The van der Waals surface area contributed by atoms with Gasteiger partial charge in [-0.3, -0.25) is 4.79 Å². The zero-order valence-electron chi connectivity index (χ0n) is 16.0. The molecule has 140 valence electrons. The van der Waals surface area contributed by atoms with Crippen molar-refractivity contribution in [3.8, 4) is 11.1 Å². The van der Waals surface area contributed by atoms with Crippen LogP contribution in [0.3, 0.4) is 0 Å². The first-order valence-corrected chi connectivity index (χ1v) is 10.2. The Hall–Kier alpha value is -2.47. The van der Waals surface area contributed by atoms with Gasteiger partial charge >= 0.3 is 0 Å². The molecule has 4 rings (SSSR count). The van der Waals surface area contributed by atoms with Crippen molar-refractivity contribution in [2.24, 2.45) is 5.92 Å². The molecule has 1 amide bonds. The van der Waals surface area contributed by atoms with Gasteiger partial charge < -0.3 is 9.80 Å². The molecule has 1 aliphatic rings. The Bertz CT molecular complexity index is 964. The molecule has 0 bridgehead atoms. The summed E-state index contributed by atoms with van der Waals surface area (Å²) < 4.78 is 0. The number of fused-ring (bicyclic) bond motifs is 1. The summed E-state index contributed by atoms with van der Waals surface area (Å²) in [5.74, 6) is 1.18. The average Bonchev–Trinajstić information content (AvgIpc) is 3.12. The Balaban J connectivity index is 1.74. The van der Waals surface area contributed by atoms with Gasteiger partial charge in [-0.1, -0.05) is 29.8 Å². The molecule has 27 heavy (non-hydrogen) atoms. The Morgan fingerprint density at radius 3 is 2.74 bits per heavy atom. The van der Waals surface area contributed by atoms with Gasteiger partial charge in [-0.15, -0.1) is 11.3 Å². The summed E-state index contributed by atoms with van der Waals surface area (Å²) in [6, 6.07) is 8.58. The zero-order chi connectivity index (χ0) is 19.0. The molecular formula is C21H24N4OS. The second kappa shape index (κ2) is 7.27. The fourth-order valence-electron chi connectivity index (χ4n) is 3.78. The lowest BCUT2D eigenvalue weighted by atomic mass is 9.96. The molecule has 0 saturated carbocycles. The quantitative estimate of drug-likeness (QED) is 0.690. The van der Waals surface area contributed by atoms with Gasteiger partial charge in [0.25, 0.3) is 0 Å². The summed E-state index contributed by atoms with van der Waals surface area (Å²) in [5, 5.41) is 3.27. The van der Waals surface area contributed by atoms with Crippen molar-refractivity contribution in [2.45, 2.75) is 19.8 Å². The standard InChI is InChI=1S/C21H24N4OS/c1-14-6-8-15(9-7-14)17-12-27-20-18(17)19(22-13-23-20)25-10-4-5-16(11-25)21(26)24(2)3/h6-9,12-13,16H,4-5,10-11H2,1-3H3. The topological polar surface area (TPSA) is 49.3 Å². The molecular weight excluding hydrogens is 356 g/mol. The molecule has 1 saturated heterocycles. The van der Waals surface area contributed by atoms with Crippen molar-refractivity contribution in [3.63, 3.8) is 0 Å². The van der Waals surface area contributed by atoms with Gasteiger partial charge in [-0.05, 0) is 25.3 Å². The van der Waals surface area contributed by atoms with Crippen LogP contribution >= 0.6 is 11.3 Å². The third-order valence-electron chi connectivity index (χ3n) is 5.22. The molecule has 0 spiro atoms. The predicted octanol–water partition coefficient (Wildman–Crippen LogP) is 3.97. The van der Waals surface area contributed by atoms with Gasteiger partial charge in [-0.25, -0.2) is 9.97 Å². The van der Waals surface area contributed by atoms with Gasteiger partial charge in [-0.2, -0.15) is 0 Å². The van der Waals surface area contributed by atoms with E-state index in [-0.39, 0.29) is 11.8 Å². The summed E-state index contributed by atoms with van der Waals surface area (Å²) in [6.45, 7) is 3.73. The number of aromatic nitrogens is 2. The molecule has 1 aliphatic heterocycles. The second-order valence-corrected chi connectivity index (χ2v) is 8.27. The fraction of sp³-hybridized carbons (Fsp3) is 0.381. The van der Waals surface area contributed by atoms with Crippen molar-refractivity contribution < 1.29 is 4.79 Å². The Labute approximate surface area is 163 Å². The minimum absolute atomic E-state index is 0.0280. The van der Waals surface area contributed by atoms with Crippen LogP contribution in [-0.4, -0.2) is 48.0 Å². The van der Waals surface area contributed by atoms with E-state index in [4.69, 9.17) is 0 Å². The predicted molar refractivity (Wildman–Crippen MR) is 111 cm³/mol. The van der Waals surface area contributed by atoms with Crippen LogP contribution in [0.5, 0.6) is 0 Å². The lowest BCUT2D eigenvalue weighted by Crippen LogP contribution is -2.43. The number of rotatable bonds is 3. The summed E-state index contributed by atoms with van der Waals surface area (Å²) >= 11 is 1.65. The van der Waals surface area contributed by atoms with E-state index in [1.54, 1.807) is 22.6 Å². The van der Waals surface area contributed by atoms with E-state index < -0.39 is 0 Å². The van der Waals surface area contributed by atoms with Crippen LogP contribution in [0.4, 0.5) is 5.82 Å². The number of carbonyl (C=O) groups excluding carboxylic acids is 1. The third-order valence-corrected chi connectivity index (χ3v) is 6.11. The van der Waals surface area contributed by atoms with Crippen LogP contribution in [0.15, 0.2) is 36.0 Å². The summed E-state index contributed by atoms with van der Waals surface area (Å²) in [4.78, 5) is 26.6. The van der Waals surface area contributed by atoms with E-state index in [9.17, 15) is 4.79 Å². The summed E-state index contributed by atoms with van der Waals surface area (Å²) in [6.07, 6.45) is 3.58. The highest BCUT2D eigenvalue weighted by atomic mass is 32.1. The van der Waals surface area contributed by atoms with Crippen LogP contribution in [0.1, 0.15) is 18.4 Å². The minimum atomic E-state index is 0.0280. The highest BCUT2D eigenvalue weighted by molar-refractivity contribution is 7.17. The van der Waals surface area contributed by atoms with Crippen LogP contribution < -0.4 is 4.90 Å². The second-order valence-electron chi connectivity index (χ2n) is 7.41. The molecule has 5 nitrogen and oxygen atoms in total. The number of hydrogen-bond donors (Lipinski definition) is 0. The van der Waals surface area contributed by atoms with Crippen LogP contribution in [0.2, 0.25) is 0 Å². The van der Waals surface area contributed by atoms with Gasteiger partial charge in [0.2, 0.25) is 5.91 Å². The Kier molecular flexibility index (Phi) is 4.83. The molecule has 0 aliphatic carbocycles. The van der Waals surface area contributed by atoms with Crippen LogP contribution in [-0.2, 0) is 4.79 Å². The lowest BCUT2D eigenvalue weighted by molar-refractivity contribution is -0.133. The van der Waals surface area contributed by atoms with Gasteiger partial charge in [0.05, 0.1) is 11.3 Å². The first kappa shape index (κ1) is 17.9. The summed E-state index contributed by atoms with van der Waals surface area (Å²) in [7, 11) is 3.66. The van der Waals surface area contributed by atoms with Gasteiger partial charge in [0, 0.05) is 38.1 Å². The number of piperidine rings is 1. The third kappa shape index (κ3) is 3.41.